The van der Waals surface area contributed by atoms with Crippen LogP contribution in [0.3, 0.4) is 0 Å². The van der Waals surface area contributed by atoms with E-state index in [9.17, 15) is 4.79 Å². The van der Waals surface area contributed by atoms with Crippen molar-refractivity contribution < 1.29 is 19.0 Å². The molecule has 0 amide bonds. The summed E-state index contributed by atoms with van der Waals surface area (Å²) in [6.07, 6.45) is 4.45. The quantitative estimate of drug-likeness (QED) is 0.453. The Labute approximate surface area is 132 Å². The minimum Gasteiger partial charge on any atom is -0.496 e. The molecule has 1 aromatic rings. The van der Waals surface area contributed by atoms with Crippen LogP contribution < -0.4 is 9.47 Å². The fourth-order valence-electron chi connectivity index (χ4n) is 2.81. The average Bonchev–Trinajstić information content (AvgIpc) is 2.50. The molecule has 1 heterocycles. The maximum atomic E-state index is 12.1. The van der Waals surface area contributed by atoms with Gasteiger partial charge in [-0.2, -0.15) is 0 Å². The predicted molar refractivity (Wildman–Crippen MR) is 85.5 cm³/mol. The van der Waals surface area contributed by atoms with Gasteiger partial charge in [-0.15, -0.1) is 0 Å². The molecule has 0 bridgehead atoms. The van der Waals surface area contributed by atoms with Crippen molar-refractivity contribution in [3.05, 3.63) is 22.8 Å². The first-order valence-corrected chi connectivity index (χ1v) is 8.08. The van der Waals surface area contributed by atoms with E-state index < -0.39 is 0 Å². The third kappa shape index (κ3) is 3.80. The van der Waals surface area contributed by atoms with E-state index in [-0.39, 0.29) is 12.1 Å². The lowest BCUT2D eigenvalue weighted by Gasteiger charge is -2.26. The predicted octanol–water partition coefficient (Wildman–Crippen LogP) is 3.95. The van der Waals surface area contributed by atoms with Crippen LogP contribution in [0.2, 0.25) is 0 Å². The number of esters is 1. The number of hydrogen-bond acceptors (Lipinski definition) is 4. The van der Waals surface area contributed by atoms with Gasteiger partial charge in [0.05, 0.1) is 19.8 Å². The number of fused-ring (bicyclic) bond motifs is 1. The first kappa shape index (κ1) is 16.8. The van der Waals surface area contributed by atoms with Gasteiger partial charge >= 0.3 is 5.97 Å². The zero-order valence-electron chi connectivity index (χ0n) is 14.0. The zero-order valence-corrected chi connectivity index (χ0v) is 14.0. The Morgan fingerprint density at radius 1 is 1.41 bits per heavy atom. The maximum absolute atomic E-state index is 12.1. The van der Waals surface area contributed by atoms with Crippen molar-refractivity contribution in [1.82, 2.24) is 0 Å². The van der Waals surface area contributed by atoms with Gasteiger partial charge in [0.15, 0.2) is 0 Å². The van der Waals surface area contributed by atoms with E-state index in [0.717, 1.165) is 48.1 Å². The van der Waals surface area contributed by atoms with Crippen molar-refractivity contribution in [3.63, 3.8) is 0 Å². The number of rotatable bonds is 6. The van der Waals surface area contributed by atoms with Crippen LogP contribution in [0.1, 0.15) is 56.2 Å². The molecule has 0 spiro atoms. The second kappa shape index (κ2) is 7.63. The van der Waals surface area contributed by atoms with Crippen molar-refractivity contribution in [1.29, 1.82) is 0 Å². The molecule has 0 saturated carbocycles. The van der Waals surface area contributed by atoms with Crippen molar-refractivity contribution in [2.75, 3.05) is 7.11 Å². The number of unbranched alkanes of at least 4 members (excludes halogenated alkanes) is 2. The van der Waals surface area contributed by atoms with Crippen LogP contribution in [-0.4, -0.2) is 19.2 Å². The van der Waals surface area contributed by atoms with Crippen LogP contribution in [0.5, 0.6) is 11.5 Å². The summed E-state index contributed by atoms with van der Waals surface area (Å²) in [6.45, 7) is 6.57. The van der Waals surface area contributed by atoms with Gasteiger partial charge in [-0.1, -0.05) is 19.8 Å². The topological polar surface area (TPSA) is 44.8 Å². The molecule has 4 heteroatoms. The third-order valence-corrected chi connectivity index (χ3v) is 4.12. The van der Waals surface area contributed by atoms with Gasteiger partial charge in [0.1, 0.15) is 11.5 Å². The Hall–Kier alpha value is -1.55. The number of carbonyl (C=O) groups excluding carboxylic acids is 1. The molecule has 1 aliphatic heterocycles. The summed E-state index contributed by atoms with van der Waals surface area (Å²) in [5.74, 6) is 1.22. The fourth-order valence-corrected chi connectivity index (χ4v) is 2.81. The van der Waals surface area contributed by atoms with Crippen LogP contribution in [0, 0.1) is 6.92 Å². The van der Waals surface area contributed by atoms with Gasteiger partial charge < -0.3 is 14.2 Å². The number of carbonyl (C=O) groups is 1. The van der Waals surface area contributed by atoms with Crippen molar-refractivity contribution in [3.8, 4) is 11.5 Å². The molecule has 1 unspecified atom stereocenters. The molecule has 1 aromatic carbocycles. The third-order valence-electron chi connectivity index (χ3n) is 4.12. The molecule has 0 saturated heterocycles. The Bertz CT molecular complexity index is 536. The second-order valence-electron chi connectivity index (χ2n) is 5.93. The van der Waals surface area contributed by atoms with E-state index >= 15 is 0 Å². The van der Waals surface area contributed by atoms with Crippen LogP contribution in [0.15, 0.2) is 6.07 Å². The highest BCUT2D eigenvalue weighted by molar-refractivity contribution is 5.74. The van der Waals surface area contributed by atoms with Crippen LogP contribution in [-0.2, 0) is 22.6 Å². The summed E-state index contributed by atoms with van der Waals surface area (Å²) in [7, 11) is 1.64. The van der Waals surface area contributed by atoms with E-state index in [4.69, 9.17) is 14.2 Å². The SMILES string of the molecule is CCCCCC(=O)Oc1c(C)c(OC)cc2c1COC(C)C2. The van der Waals surface area contributed by atoms with Crippen LogP contribution in [0.4, 0.5) is 0 Å². The molecule has 2 rings (SSSR count). The molecule has 1 aliphatic rings. The Morgan fingerprint density at radius 3 is 2.86 bits per heavy atom. The molecule has 4 nitrogen and oxygen atoms in total. The molecular formula is C18H26O4. The lowest BCUT2D eigenvalue weighted by molar-refractivity contribution is -0.134. The summed E-state index contributed by atoms with van der Waals surface area (Å²) in [6, 6.07) is 2.04. The molecule has 1 atom stereocenters. The van der Waals surface area contributed by atoms with E-state index in [1.165, 1.54) is 0 Å². The van der Waals surface area contributed by atoms with E-state index in [1.807, 2.05) is 19.9 Å². The van der Waals surface area contributed by atoms with Crippen LogP contribution >= 0.6 is 0 Å². The van der Waals surface area contributed by atoms with Gasteiger partial charge in [-0.3, -0.25) is 4.79 Å². The highest BCUT2D eigenvalue weighted by atomic mass is 16.5. The summed E-state index contributed by atoms with van der Waals surface area (Å²) in [5.41, 5.74) is 3.00. The minimum atomic E-state index is -0.175. The Morgan fingerprint density at radius 2 is 2.18 bits per heavy atom. The molecule has 0 aliphatic carbocycles. The first-order chi connectivity index (χ1) is 10.6. The first-order valence-electron chi connectivity index (χ1n) is 8.08. The fraction of sp³-hybridized carbons (Fsp3) is 0.611. The number of ether oxygens (including phenoxy) is 3. The normalized spacial score (nSPS) is 17.0. The van der Waals surface area contributed by atoms with E-state index in [2.05, 4.69) is 6.92 Å². The molecular weight excluding hydrogens is 280 g/mol. The Balaban J connectivity index is 2.25. The largest absolute Gasteiger partial charge is 0.496 e. The molecule has 22 heavy (non-hydrogen) atoms. The summed E-state index contributed by atoms with van der Waals surface area (Å²) < 4.78 is 16.8. The zero-order chi connectivity index (χ0) is 16.1. The van der Waals surface area contributed by atoms with Gasteiger partial charge in [0.2, 0.25) is 0 Å². The average molecular weight is 306 g/mol. The van der Waals surface area contributed by atoms with E-state index in [0.29, 0.717) is 18.8 Å². The van der Waals surface area contributed by atoms with Gasteiger partial charge in [-0.05, 0) is 38.3 Å². The van der Waals surface area contributed by atoms with Crippen molar-refractivity contribution in [2.45, 2.75) is 65.6 Å². The lowest BCUT2D eigenvalue weighted by Crippen LogP contribution is -2.21. The lowest BCUT2D eigenvalue weighted by atomic mass is 9.95. The smallest absolute Gasteiger partial charge is 0.311 e. The maximum Gasteiger partial charge on any atom is 0.311 e. The van der Waals surface area contributed by atoms with Gasteiger partial charge in [0.25, 0.3) is 0 Å². The minimum absolute atomic E-state index is 0.174. The number of methoxy groups -OCH3 is 1. The van der Waals surface area contributed by atoms with Crippen molar-refractivity contribution in [2.24, 2.45) is 0 Å². The molecule has 0 aromatic heterocycles. The number of benzene rings is 1. The highest BCUT2D eigenvalue weighted by Crippen LogP contribution is 2.38. The number of hydrogen-bond donors (Lipinski definition) is 0. The summed E-state index contributed by atoms with van der Waals surface area (Å²) >= 11 is 0. The monoisotopic (exact) mass is 306 g/mol. The molecule has 122 valence electrons. The molecule has 0 fully saturated rings. The molecule has 0 radical (unpaired) electrons. The van der Waals surface area contributed by atoms with Crippen LogP contribution in [0.25, 0.3) is 0 Å². The summed E-state index contributed by atoms with van der Waals surface area (Å²) in [4.78, 5) is 12.1. The van der Waals surface area contributed by atoms with Gasteiger partial charge in [0, 0.05) is 17.5 Å². The summed E-state index contributed by atoms with van der Waals surface area (Å²) in [5, 5.41) is 0. The highest BCUT2D eigenvalue weighted by Gasteiger charge is 2.24. The van der Waals surface area contributed by atoms with E-state index in [1.54, 1.807) is 7.11 Å². The Kier molecular flexibility index (Phi) is 5.83. The van der Waals surface area contributed by atoms with Gasteiger partial charge in [-0.25, -0.2) is 0 Å². The second-order valence-corrected chi connectivity index (χ2v) is 5.93. The standard InChI is InChI=1S/C18H26O4/c1-5-6-7-8-17(19)22-18-13(3)16(20-4)10-14-9-12(2)21-11-15(14)18/h10,12H,5-9,11H2,1-4H3. The van der Waals surface area contributed by atoms with Crippen molar-refractivity contribution >= 4 is 5.97 Å². The molecule has 0 N–H and O–H groups in total.